The number of fused-ring (bicyclic) bond motifs is 6. The van der Waals surface area contributed by atoms with Crippen LogP contribution in [0.3, 0.4) is 0 Å². The zero-order valence-corrected chi connectivity index (χ0v) is 23.3. The molecule has 1 aromatic heterocycles. The molecule has 0 N–H and O–H groups in total. The van der Waals surface area contributed by atoms with Crippen LogP contribution in [-0.4, -0.2) is 9.97 Å². The Morgan fingerprint density at radius 1 is 0.548 bits per heavy atom. The molecule has 0 aliphatic heterocycles. The van der Waals surface area contributed by atoms with Gasteiger partial charge in [-0.1, -0.05) is 104 Å². The third-order valence-electron chi connectivity index (χ3n) is 9.30. The van der Waals surface area contributed by atoms with Crippen molar-refractivity contribution in [3.05, 3.63) is 132 Å². The molecule has 0 atom stereocenters. The molecular formula is C39H29N3. The summed E-state index contributed by atoms with van der Waals surface area (Å²) in [5, 5.41) is 12.1. The molecule has 1 fully saturated rings. The fourth-order valence-corrected chi connectivity index (χ4v) is 7.23. The minimum Gasteiger partial charge on any atom is -0.228 e. The molecule has 3 nitrogen and oxygen atoms in total. The molecule has 8 rings (SSSR count). The van der Waals surface area contributed by atoms with Gasteiger partial charge in [0.15, 0.2) is 5.82 Å². The lowest BCUT2D eigenvalue weighted by Crippen LogP contribution is -2.28. The second-order valence-corrected chi connectivity index (χ2v) is 11.7. The van der Waals surface area contributed by atoms with Crippen molar-refractivity contribution in [2.75, 3.05) is 0 Å². The molecular weight excluding hydrogens is 510 g/mol. The molecule has 0 radical (unpaired) electrons. The third-order valence-corrected chi connectivity index (χ3v) is 9.30. The first-order valence-electron chi connectivity index (χ1n) is 14.9. The molecule has 1 saturated carbocycles. The Morgan fingerprint density at radius 3 is 2.00 bits per heavy atom. The quantitative estimate of drug-likeness (QED) is 0.225. The number of hydrogen-bond acceptors (Lipinski definition) is 3. The Morgan fingerprint density at radius 2 is 1.21 bits per heavy atom. The molecule has 200 valence electrons. The van der Waals surface area contributed by atoms with E-state index in [-0.39, 0.29) is 5.41 Å². The molecule has 0 saturated heterocycles. The highest BCUT2D eigenvalue weighted by Crippen LogP contribution is 2.56. The van der Waals surface area contributed by atoms with Crippen molar-refractivity contribution < 1.29 is 0 Å². The van der Waals surface area contributed by atoms with Crippen molar-refractivity contribution >= 4 is 10.8 Å². The van der Waals surface area contributed by atoms with E-state index in [1.807, 2.05) is 12.1 Å². The summed E-state index contributed by atoms with van der Waals surface area (Å²) < 4.78 is 0. The van der Waals surface area contributed by atoms with Gasteiger partial charge in [0.25, 0.3) is 0 Å². The second-order valence-electron chi connectivity index (χ2n) is 11.7. The van der Waals surface area contributed by atoms with Crippen molar-refractivity contribution in [1.29, 1.82) is 5.26 Å². The van der Waals surface area contributed by atoms with Crippen LogP contribution in [0.1, 0.15) is 48.8 Å². The summed E-state index contributed by atoms with van der Waals surface area (Å²) in [5.41, 5.74) is 11.0. The maximum absolute atomic E-state index is 9.70. The number of hydrogen-bond donors (Lipinski definition) is 0. The summed E-state index contributed by atoms with van der Waals surface area (Å²) in [7, 11) is 0. The van der Waals surface area contributed by atoms with E-state index in [4.69, 9.17) is 9.97 Å². The highest BCUT2D eigenvalue weighted by Gasteiger charge is 2.44. The van der Waals surface area contributed by atoms with Gasteiger partial charge in [0.2, 0.25) is 0 Å². The van der Waals surface area contributed by atoms with Gasteiger partial charge in [-0.2, -0.15) is 5.26 Å². The molecule has 2 aliphatic carbocycles. The van der Waals surface area contributed by atoms with Gasteiger partial charge >= 0.3 is 0 Å². The van der Waals surface area contributed by atoms with Crippen LogP contribution in [0.25, 0.3) is 55.8 Å². The summed E-state index contributed by atoms with van der Waals surface area (Å²) in [6.45, 7) is 0. The van der Waals surface area contributed by atoms with E-state index < -0.39 is 0 Å². The maximum Gasteiger partial charge on any atom is 0.160 e. The van der Waals surface area contributed by atoms with Crippen LogP contribution in [0.4, 0.5) is 0 Å². The summed E-state index contributed by atoms with van der Waals surface area (Å²) in [6.07, 6.45) is 5.92. The lowest BCUT2D eigenvalue weighted by molar-refractivity contribution is 0.353. The van der Waals surface area contributed by atoms with E-state index in [9.17, 15) is 5.26 Å². The normalized spacial score (nSPS) is 14.8. The van der Waals surface area contributed by atoms with Crippen LogP contribution < -0.4 is 0 Å². The van der Waals surface area contributed by atoms with Gasteiger partial charge in [0.1, 0.15) is 0 Å². The van der Waals surface area contributed by atoms with E-state index in [2.05, 4.69) is 109 Å². The predicted octanol–water partition coefficient (Wildman–Crippen LogP) is 9.73. The molecule has 0 unspecified atom stereocenters. The molecule has 0 amide bonds. The zero-order valence-electron chi connectivity index (χ0n) is 23.3. The van der Waals surface area contributed by atoms with Crippen molar-refractivity contribution in [2.45, 2.75) is 37.5 Å². The lowest BCUT2D eigenvalue weighted by Gasteiger charge is -2.36. The minimum atomic E-state index is -0.0394. The lowest BCUT2D eigenvalue weighted by atomic mass is 9.67. The monoisotopic (exact) mass is 539 g/mol. The van der Waals surface area contributed by atoms with Gasteiger partial charge in [0, 0.05) is 22.1 Å². The standard InChI is InChI=1S/C39H29N3/c40-25-26-13-17-32-33-18-16-30(23-35(33)39(34(32)21-26)19-7-2-8-20-39)37-24-36(28-10-3-1-4-11-28)41-38(42-37)31-15-14-27-9-5-6-12-29(27)22-31/h1,3-6,9-18,21-24H,2,7-8,19-20H2. The Hall–Kier alpha value is -5.07. The topological polar surface area (TPSA) is 49.6 Å². The largest absolute Gasteiger partial charge is 0.228 e. The first-order chi connectivity index (χ1) is 20.7. The van der Waals surface area contributed by atoms with Crippen LogP contribution in [0, 0.1) is 11.3 Å². The SMILES string of the molecule is N#Cc1ccc2c(c1)C1(CCCCC1)c1cc(-c3cc(-c4ccccc4)nc(-c4ccc5ccccc5c4)n3)ccc1-2. The van der Waals surface area contributed by atoms with E-state index >= 15 is 0 Å². The van der Waals surface area contributed by atoms with Crippen LogP contribution in [0.2, 0.25) is 0 Å². The highest BCUT2D eigenvalue weighted by molar-refractivity contribution is 5.88. The number of nitrogens with zero attached hydrogens (tertiary/aromatic N) is 3. The smallest absolute Gasteiger partial charge is 0.160 e. The van der Waals surface area contributed by atoms with Crippen LogP contribution >= 0.6 is 0 Å². The Kier molecular flexibility index (Phi) is 5.76. The van der Waals surface area contributed by atoms with Gasteiger partial charge in [-0.05, 0) is 76.2 Å². The number of aromatic nitrogens is 2. The molecule has 5 aromatic carbocycles. The van der Waals surface area contributed by atoms with Crippen molar-refractivity contribution in [1.82, 2.24) is 9.97 Å². The molecule has 1 spiro atoms. The Labute approximate surface area is 246 Å². The average Bonchev–Trinajstić information content (AvgIpc) is 3.32. The summed E-state index contributed by atoms with van der Waals surface area (Å²) in [6, 6.07) is 42.9. The van der Waals surface area contributed by atoms with Gasteiger partial charge in [0.05, 0.1) is 23.0 Å². The van der Waals surface area contributed by atoms with E-state index in [0.717, 1.165) is 52.3 Å². The van der Waals surface area contributed by atoms with E-state index in [1.165, 1.54) is 52.3 Å². The van der Waals surface area contributed by atoms with Crippen LogP contribution in [-0.2, 0) is 5.41 Å². The van der Waals surface area contributed by atoms with Crippen molar-refractivity contribution in [3.8, 4) is 51.1 Å². The zero-order chi connectivity index (χ0) is 28.1. The molecule has 6 aromatic rings. The maximum atomic E-state index is 9.70. The van der Waals surface area contributed by atoms with E-state index in [1.54, 1.807) is 0 Å². The number of rotatable bonds is 3. The summed E-state index contributed by atoms with van der Waals surface area (Å²) in [5.74, 6) is 0.729. The summed E-state index contributed by atoms with van der Waals surface area (Å²) >= 11 is 0. The van der Waals surface area contributed by atoms with Crippen molar-refractivity contribution in [3.63, 3.8) is 0 Å². The van der Waals surface area contributed by atoms with Gasteiger partial charge in [-0.15, -0.1) is 0 Å². The highest BCUT2D eigenvalue weighted by atomic mass is 14.9. The third kappa shape index (κ3) is 3.95. The summed E-state index contributed by atoms with van der Waals surface area (Å²) in [4.78, 5) is 10.3. The fourth-order valence-electron chi connectivity index (χ4n) is 7.23. The van der Waals surface area contributed by atoms with E-state index in [0.29, 0.717) is 0 Å². The van der Waals surface area contributed by atoms with Crippen molar-refractivity contribution in [2.24, 2.45) is 0 Å². The second kappa shape index (κ2) is 9.79. The molecule has 0 bridgehead atoms. The Bertz CT molecular complexity index is 2030. The Balaban J connectivity index is 1.31. The molecule has 1 heterocycles. The van der Waals surface area contributed by atoms with Gasteiger partial charge in [-0.3, -0.25) is 0 Å². The van der Waals surface area contributed by atoms with Gasteiger partial charge < -0.3 is 0 Å². The fraction of sp³-hybridized carbons (Fsp3) is 0.154. The number of nitriles is 1. The first-order valence-corrected chi connectivity index (χ1v) is 14.9. The first kappa shape index (κ1) is 24.7. The minimum absolute atomic E-state index is 0.0394. The van der Waals surface area contributed by atoms with Crippen LogP contribution in [0.15, 0.2) is 115 Å². The molecule has 3 heteroatoms. The number of benzene rings is 5. The molecule has 2 aliphatic rings. The predicted molar refractivity (Wildman–Crippen MR) is 170 cm³/mol. The van der Waals surface area contributed by atoms with Crippen LogP contribution in [0.5, 0.6) is 0 Å². The molecule has 42 heavy (non-hydrogen) atoms. The van der Waals surface area contributed by atoms with Gasteiger partial charge in [-0.25, -0.2) is 9.97 Å². The average molecular weight is 540 g/mol.